The SMILES string of the molecule is CCCc1nc(C(OCC)C2CC2)nc(N)c1I. The third-order valence-corrected chi connectivity index (χ3v) is 4.28. The number of nitrogen functional groups attached to an aromatic ring is 1. The topological polar surface area (TPSA) is 61.0 Å². The van der Waals surface area contributed by atoms with E-state index in [0.717, 1.165) is 27.9 Å². The molecular weight excluding hydrogens is 341 g/mol. The lowest BCUT2D eigenvalue weighted by Gasteiger charge is -2.17. The third kappa shape index (κ3) is 3.12. The molecule has 1 saturated carbocycles. The van der Waals surface area contributed by atoms with Crippen molar-refractivity contribution in [2.45, 2.75) is 45.6 Å². The van der Waals surface area contributed by atoms with Crippen molar-refractivity contribution in [1.29, 1.82) is 0 Å². The van der Waals surface area contributed by atoms with Crippen molar-refractivity contribution in [1.82, 2.24) is 9.97 Å². The van der Waals surface area contributed by atoms with Gasteiger partial charge in [-0.05, 0) is 54.7 Å². The van der Waals surface area contributed by atoms with Gasteiger partial charge < -0.3 is 10.5 Å². The number of nitrogens with two attached hydrogens (primary N) is 1. The van der Waals surface area contributed by atoms with Gasteiger partial charge in [0.25, 0.3) is 0 Å². The molecule has 100 valence electrons. The van der Waals surface area contributed by atoms with Crippen molar-refractivity contribution in [3.63, 3.8) is 0 Å². The summed E-state index contributed by atoms with van der Waals surface area (Å²) in [5, 5.41) is 0. The number of aryl methyl sites for hydroxylation is 1. The Kier molecular flexibility index (Phi) is 4.77. The van der Waals surface area contributed by atoms with E-state index in [1.54, 1.807) is 0 Å². The maximum Gasteiger partial charge on any atom is 0.160 e. The van der Waals surface area contributed by atoms with Gasteiger partial charge in [0.2, 0.25) is 0 Å². The standard InChI is InChI=1S/C13H20IN3O/c1-3-5-9-10(14)12(15)17-13(16-9)11(18-4-2)8-6-7-8/h8,11H,3-7H2,1-2H3,(H2,15,16,17). The van der Waals surface area contributed by atoms with Crippen LogP contribution < -0.4 is 5.73 Å². The minimum absolute atomic E-state index is 0.0323. The molecule has 0 aliphatic heterocycles. The maximum atomic E-state index is 5.99. The molecule has 1 fully saturated rings. The van der Waals surface area contributed by atoms with E-state index >= 15 is 0 Å². The highest BCUT2D eigenvalue weighted by Gasteiger charge is 2.35. The van der Waals surface area contributed by atoms with Crippen LogP contribution in [0.4, 0.5) is 5.82 Å². The second-order valence-electron chi connectivity index (χ2n) is 4.69. The van der Waals surface area contributed by atoms with E-state index in [1.807, 2.05) is 6.92 Å². The van der Waals surface area contributed by atoms with E-state index in [0.29, 0.717) is 18.3 Å². The second kappa shape index (κ2) is 6.14. The number of hydrogen-bond acceptors (Lipinski definition) is 4. The van der Waals surface area contributed by atoms with Gasteiger partial charge >= 0.3 is 0 Å². The van der Waals surface area contributed by atoms with E-state index < -0.39 is 0 Å². The molecule has 0 amide bonds. The van der Waals surface area contributed by atoms with Crippen LogP contribution in [0.15, 0.2) is 0 Å². The third-order valence-electron chi connectivity index (χ3n) is 3.10. The molecule has 1 aromatic heterocycles. The first-order valence-electron chi connectivity index (χ1n) is 6.60. The number of halogens is 1. The number of rotatable bonds is 6. The molecule has 0 aromatic carbocycles. The average Bonchev–Trinajstić information content (AvgIpc) is 3.16. The molecule has 0 spiro atoms. The fraction of sp³-hybridized carbons (Fsp3) is 0.692. The molecular formula is C13H20IN3O. The molecule has 1 aromatic rings. The summed E-state index contributed by atoms with van der Waals surface area (Å²) in [5.41, 5.74) is 7.05. The molecule has 0 radical (unpaired) electrons. The summed E-state index contributed by atoms with van der Waals surface area (Å²) >= 11 is 2.23. The first kappa shape index (κ1) is 14.0. The molecule has 5 heteroatoms. The zero-order valence-corrected chi connectivity index (χ0v) is 13.1. The number of ether oxygens (including phenoxy) is 1. The number of nitrogens with zero attached hydrogens (tertiary/aromatic N) is 2. The van der Waals surface area contributed by atoms with Gasteiger partial charge in [0.05, 0.1) is 9.26 Å². The van der Waals surface area contributed by atoms with Crippen LogP contribution in [-0.2, 0) is 11.2 Å². The first-order valence-corrected chi connectivity index (χ1v) is 7.68. The highest BCUT2D eigenvalue weighted by atomic mass is 127. The van der Waals surface area contributed by atoms with Crippen molar-refractivity contribution in [3.05, 3.63) is 15.1 Å². The fourth-order valence-electron chi connectivity index (χ4n) is 2.06. The van der Waals surface area contributed by atoms with Crippen LogP contribution in [0, 0.1) is 9.49 Å². The molecule has 1 aliphatic rings. The van der Waals surface area contributed by atoms with Gasteiger partial charge in [0.1, 0.15) is 11.9 Å². The van der Waals surface area contributed by atoms with Crippen LogP contribution in [0.3, 0.4) is 0 Å². The Balaban J connectivity index is 2.30. The highest BCUT2D eigenvalue weighted by molar-refractivity contribution is 14.1. The number of hydrogen-bond donors (Lipinski definition) is 1. The Morgan fingerprint density at radius 2 is 2.11 bits per heavy atom. The zero-order chi connectivity index (χ0) is 13.1. The molecule has 2 N–H and O–H groups in total. The predicted octanol–water partition coefficient (Wildman–Crippen LogP) is 3.10. The Hall–Kier alpha value is -0.430. The Morgan fingerprint density at radius 1 is 1.39 bits per heavy atom. The molecule has 1 unspecified atom stereocenters. The minimum Gasteiger partial charge on any atom is -0.383 e. The van der Waals surface area contributed by atoms with Crippen molar-refractivity contribution in [2.75, 3.05) is 12.3 Å². The summed E-state index contributed by atoms with van der Waals surface area (Å²) < 4.78 is 6.79. The van der Waals surface area contributed by atoms with E-state index in [1.165, 1.54) is 12.8 Å². The molecule has 1 heterocycles. The van der Waals surface area contributed by atoms with Gasteiger partial charge in [0.15, 0.2) is 5.82 Å². The Morgan fingerprint density at radius 3 is 2.67 bits per heavy atom. The number of anilines is 1. The van der Waals surface area contributed by atoms with Crippen LogP contribution in [0.5, 0.6) is 0 Å². The Bertz CT molecular complexity index is 421. The average molecular weight is 361 g/mol. The van der Waals surface area contributed by atoms with Crippen LogP contribution >= 0.6 is 22.6 Å². The van der Waals surface area contributed by atoms with Crippen LogP contribution in [0.1, 0.15) is 50.7 Å². The van der Waals surface area contributed by atoms with E-state index in [4.69, 9.17) is 10.5 Å². The van der Waals surface area contributed by atoms with Gasteiger partial charge in [0, 0.05) is 6.61 Å². The summed E-state index contributed by atoms with van der Waals surface area (Å²) in [6.45, 7) is 4.85. The zero-order valence-electron chi connectivity index (χ0n) is 10.9. The van der Waals surface area contributed by atoms with Gasteiger partial charge in [-0.3, -0.25) is 0 Å². The monoisotopic (exact) mass is 361 g/mol. The lowest BCUT2D eigenvalue weighted by atomic mass is 10.2. The largest absolute Gasteiger partial charge is 0.383 e. The normalized spacial score (nSPS) is 16.8. The molecule has 0 saturated heterocycles. The fourth-order valence-corrected chi connectivity index (χ4v) is 2.57. The number of aromatic nitrogens is 2. The summed E-state index contributed by atoms with van der Waals surface area (Å²) in [6.07, 6.45) is 4.47. The minimum atomic E-state index is 0.0323. The van der Waals surface area contributed by atoms with Gasteiger partial charge in [-0.15, -0.1) is 0 Å². The summed E-state index contributed by atoms with van der Waals surface area (Å²) in [6, 6.07) is 0. The quantitative estimate of drug-likeness (QED) is 0.791. The summed E-state index contributed by atoms with van der Waals surface area (Å²) in [4.78, 5) is 9.11. The van der Waals surface area contributed by atoms with E-state index in [-0.39, 0.29) is 6.10 Å². The van der Waals surface area contributed by atoms with E-state index in [2.05, 4.69) is 39.5 Å². The second-order valence-corrected chi connectivity index (χ2v) is 5.77. The van der Waals surface area contributed by atoms with E-state index in [9.17, 15) is 0 Å². The van der Waals surface area contributed by atoms with Crippen molar-refractivity contribution in [2.24, 2.45) is 5.92 Å². The van der Waals surface area contributed by atoms with Crippen LogP contribution in [-0.4, -0.2) is 16.6 Å². The first-order chi connectivity index (χ1) is 8.67. The molecule has 1 atom stereocenters. The summed E-state index contributed by atoms with van der Waals surface area (Å²) in [7, 11) is 0. The van der Waals surface area contributed by atoms with Gasteiger partial charge in [-0.1, -0.05) is 13.3 Å². The summed E-state index contributed by atoms with van der Waals surface area (Å²) in [5.74, 6) is 1.95. The van der Waals surface area contributed by atoms with Crippen molar-refractivity contribution in [3.8, 4) is 0 Å². The molecule has 4 nitrogen and oxygen atoms in total. The van der Waals surface area contributed by atoms with Crippen molar-refractivity contribution >= 4 is 28.4 Å². The van der Waals surface area contributed by atoms with Crippen LogP contribution in [0.2, 0.25) is 0 Å². The lowest BCUT2D eigenvalue weighted by Crippen LogP contribution is -2.15. The molecule has 18 heavy (non-hydrogen) atoms. The van der Waals surface area contributed by atoms with Gasteiger partial charge in [-0.25, -0.2) is 9.97 Å². The lowest BCUT2D eigenvalue weighted by molar-refractivity contribution is 0.0399. The van der Waals surface area contributed by atoms with Crippen molar-refractivity contribution < 1.29 is 4.74 Å². The highest BCUT2D eigenvalue weighted by Crippen LogP contribution is 2.42. The molecule has 0 bridgehead atoms. The smallest absolute Gasteiger partial charge is 0.160 e. The van der Waals surface area contributed by atoms with Crippen LogP contribution in [0.25, 0.3) is 0 Å². The molecule has 1 aliphatic carbocycles. The van der Waals surface area contributed by atoms with Gasteiger partial charge in [-0.2, -0.15) is 0 Å². The molecule has 2 rings (SSSR count). The Labute approximate surface area is 122 Å². The maximum absolute atomic E-state index is 5.99. The predicted molar refractivity (Wildman–Crippen MR) is 80.2 cm³/mol.